The van der Waals surface area contributed by atoms with Gasteiger partial charge in [0.15, 0.2) is 5.96 Å². The zero-order valence-electron chi connectivity index (χ0n) is 17.4. The Morgan fingerprint density at radius 3 is 2.38 bits per heavy atom. The molecule has 3 N–H and O–H groups in total. The molecule has 0 amide bonds. The van der Waals surface area contributed by atoms with Gasteiger partial charge in [-0.15, -0.1) is 0 Å². The first-order chi connectivity index (χ1) is 15.5. The Morgan fingerprint density at radius 1 is 1.03 bits per heavy atom. The molecule has 0 saturated carbocycles. The molecule has 32 heavy (non-hydrogen) atoms. The number of guanidine groups is 1. The van der Waals surface area contributed by atoms with Gasteiger partial charge >= 0.3 is 0 Å². The molecule has 1 fully saturated rings. The van der Waals surface area contributed by atoms with Crippen molar-refractivity contribution in [1.82, 2.24) is 9.97 Å². The maximum atomic E-state index is 13.0. The number of hydrogen-bond donors (Lipinski definition) is 2. The van der Waals surface area contributed by atoms with E-state index in [1.807, 2.05) is 0 Å². The number of nitrogens with zero attached hydrogens (tertiary/aromatic N) is 4. The van der Waals surface area contributed by atoms with Crippen molar-refractivity contribution in [2.45, 2.75) is 16.3 Å². The highest BCUT2D eigenvalue weighted by Gasteiger charge is 2.19. The van der Waals surface area contributed by atoms with Crippen LogP contribution in [0.15, 0.2) is 81.9 Å². The molecule has 1 saturated heterocycles. The standard InChI is InChI=1S/C22H24N6O3S/c23-22(27-18-7-9-24-10-8-18)26-15-17-1-3-19(4-2-17)32(29,30)20-5-6-21(25-16-20)28-11-13-31-14-12-28/h1-10,16H,11-15H2,(H3,23,24,26,27). The average Bonchev–Trinajstić information content (AvgIpc) is 2.84. The molecule has 0 bridgehead atoms. The van der Waals surface area contributed by atoms with E-state index in [9.17, 15) is 8.42 Å². The highest BCUT2D eigenvalue weighted by atomic mass is 32.2. The lowest BCUT2D eigenvalue weighted by Gasteiger charge is -2.27. The van der Waals surface area contributed by atoms with Crippen molar-refractivity contribution in [3.05, 3.63) is 72.7 Å². The van der Waals surface area contributed by atoms with Crippen molar-refractivity contribution in [3.8, 4) is 0 Å². The third-order valence-electron chi connectivity index (χ3n) is 4.98. The molecule has 0 unspecified atom stereocenters. The average molecular weight is 453 g/mol. The van der Waals surface area contributed by atoms with Crippen LogP contribution in [0, 0.1) is 0 Å². The summed E-state index contributed by atoms with van der Waals surface area (Å²) in [4.78, 5) is 15.0. The number of aromatic nitrogens is 2. The van der Waals surface area contributed by atoms with Gasteiger partial charge in [0.1, 0.15) is 5.82 Å². The number of hydrogen-bond acceptors (Lipinski definition) is 7. The van der Waals surface area contributed by atoms with Crippen LogP contribution >= 0.6 is 0 Å². The van der Waals surface area contributed by atoms with Crippen LogP contribution in [0.5, 0.6) is 0 Å². The molecule has 1 aromatic carbocycles. The number of aliphatic imine (C=N–C) groups is 1. The van der Waals surface area contributed by atoms with Gasteiger partial charge in [-0.1, -0.05) is 12.1 Å². The summed E-state index contributed by atoms with van der Waals surface area (Å²) in [5, 5.41) is 2.97. The topological polar surface area (TPSA) is 123 Å². The quantitative estimate of drug-likeness (QED) is 0.430. The molecule has 0 atom stereocenters. The highest BCUT2D eigenvalue weighted by Crippen LogP contribution is 2.23. The summed E-state index contributed by atoms with van der Waals surface area (Å²) in [7, 11) is -3.66. The number of pyridine rings is 2. The molecule has 0 spiro atoms. The summed E-state index contributed by atoms with van der Waals surface area (Å²) >= 11 is 0. The Hall–Kier alpha value is -3.50. The first-order valence-corrected chi connectivity index (χ1v) is 11.6. The van der Waals surface area contributed by atoms with E-state index in [-0.39, 0.29) is 15.8 Å². The number of anilines is 2. The minimum absolute atomic E-state index is 0.158. The minimum atomic E-state index is -3.66. The van der Waals surface area contributed by atoms with Gasteiger partial charge in [0.05, 0.1) is 29.5 Å². The van der Waals surface area contributed by atoms with E-state index in [1.54, 1.807) is 60.9 Å². The van der Waals surface area contributed by atoms with Crippen molar-refractivity contribution >= 4 is 27.3 Å². The fourth-order valence-corrected chi connectivity index (χ4v) is 4.43. The van der Waals surface area contributed by atoms with Crippen molar-refractivity contribution < 1.29 is 13.2 Å². The SMILES string of the molecule is NC(=NCc1ccc(S(=O)(=O)c2ccc(N3CCOCC3)nc2)cc1)Nc1ccncc1. The van der Waals surface area contributed by atoms with Crippen LogP contribution in [0.4, 0.5) is 11.5 Å². The number of nitrogens with one attached hydrogen (secondary N) is 1. The van der Waals surface area contributed by atoms with Crippen molar-refractivity contribution in [2.24, 2.45) is 10.7 Å². The summed E-state index contributed by atoms with van der Waals surface area (Å²) in [6.45, 7) is 3.09. The number of rotatable bonds is 6. The second kappa shape index (κ2) is 9.75. The predicted octanol–water partition coefficient (Wildman–Crippen LogP) is 2.07. The third kappa shape index (κ3) is 5.21. The molecule has 10 heteroatoms. The Bertz CT molecular complexity index is 1160. The largest absolute Gasteiger partial charge is 0.378 e. The Labute approximate surface area is 186 Å². The monoisotopic (exact) mass is 452 g/mol. The van der Waals surface area contributed by atoms with Gasteiger partial charge in [0, 0.05) is 37.4 Å². The number of morpholine rings is 1. The van der Waals surface area contributed by atoms with Gasteiger partial charge in [-0.2, -0.15) is 0 Å². The van der Waals surface area contributed by atoms with E-state index in [1.165, 1.54) is 6.20 Å². The van der Waals surface area contributed by atoms with Crippen LogP contribution in [0.25, 0.3) is 0 Å². The van der Waals surface area contributed by atoms with Crippen LogP contribution in [0.1, 0.15) is 5.56 Å². The molecule has 0 radical (unpaired) electrons. The third-order valence-corrected chi connectivity index (χ3v) is 6.74. The minimum Gasteiger partial charge on any atom is -0.378 e. The zero-order chi connectivity index (χ0) is 22.4. The summed E-state index contributed by atoms with van der Waals surface area (Å²) in [6, 6.07) is 13.5. The van der Waals surface area contributed by atoms with E-state index in [0.29, 0.717) is 19.8 Å². The number of sulfone groups is 1. The number of benzene rings is 1. The van der Waals surface area contributed by atoms with Crippen molar-refractivity contribution in [2.75, 3.05) is 36.5 Å². The second-order valence-corrected chi connectivity index (χ2v) is 9.11. The first-order valence-electron chi connectivity index (χ1n) is 10.1. The van der Waals surface area contributed by atoms with Gasteiger partial charge in [-0.3, -0.25) is 4.98 Å². The zero-order valence-corrected chi connectivity index (χ0v) is 18.2. The Morgan fingerprint density at radius 2 is 1.72 bits per heavy atom. The second-order valence-electron chi connectivity index (χ2n) is 7.16. The van der Waals surface area contributed by atoms with Crippen LogP contribution < -0.4 is 16.0 Å². The molecule has 3 aromatic rings. The normalized spacial score (nSPS) is 14.9. The van der Waals surface area contributed by atoms with E-state index in [4.69, 9.17) is 10.5 Å². The molecule has 9 nitrogen and oxygen atoms in total. The molecular formula is C22H24N6O3S. The molecule has 2 aromatic heterocycles. The molecule has 4 rings (SSSR count). The summed E-state index contributed by atoms with van der Waals surface area (Å²) < 4.78 is 31.3. The fourth-order valence-electron chi connectivity index (χ4n) is 3.22. The van der Waals surface area contributed by atoms with Gasteiger partial charge in [0.25, 0.3) is 0 Å². The first kappa shape index (κ1) is 21.7. The van der Waals surface area contributed by atoms with Gasteiger partial charge in [-0.25, -0.2) is 18.4 Å². The number of ether oxygens (including phenoxy) is 1. The van der Waals surface area contributed by atoms with Crippen LogP contribution in [-0.4, -0.2) is 50.6 Å². The van der Waals surface area contributed by atoms with Crippen LogP contribution in [-0.2, 0) is 21.1 Å². The van der Waals surface area contributed by atoms with E-state index < -0.39 is 9.84 Å². The van der Waals surface area contributed by atoms with E-state index in [0.717, 1.165) is 30.2 Å². The highest BCUT2D eigenvalue weighted by molar-refractivity contribution is 7.91. The maximum absolute atomic E-state index is 13.0. The lowest BCUT2D eigenvalue weighted by Crippen LogP contribution is -2.36. The summed E-state index contributed by atoms with van der Waals surface area (Å²) in [5.41, 5.74) is 7.53. The molecule has 0 aliphatic carbocycles. The molecule has 3 heterocycles. The van der Waals surface area contributed by atoms with Gasteiger partial charge in [-0.05, 0) is 42.0 Å². The van der Waals surface area contributed by atoms with Gasteiger partial charge < -0.3 is 20.7 Å². The lowest BCUT2D eigenvalue weighted by molar-refractivity contribution is 0.122. The van der Waals surface area contributed by atoms with Crippen molar-refractivity contribution in [1.29, 1.82) is 0 Å². The molecule has 166 valence electrons. The predicted molar refractivity (Wildman–Crippen MR) is 122 cm³/mol. The molecule has 1 aliphatic heterocycles. The fraction of sp³-hybridized carbons (Fsp3) is 0.227. The number of nitrogens with two attached hydrogens (primary N) is 1. The Kier molecular flexibility index (Phi) is 6.62. The maximum Gasteiger partial charge on any atom is 0.208 e. The van der Waals surface area contributed by atoms with Gasteiger partial charge in [0.2, 0.25) is 9.84 Å². The van der Waals surface area contributed by atoms with E-state index >= 15 is 0 Å². The molecular weight excluding hydrogens is 428 g/mol. The Balaban J connectivity index is 1.41. The van der Waals surface area contributed by atoms with E-state index in [2.05, 4.69) is 25.2 Å². The van der Waals surface area contributed by atoms with Crippen LogP contribution in [0.2, 0.25) is 0 Å². The van der Waals surface area contributed by atoms with Crippen molar-refractivity contribution in [3.63, 3.8) is 0 Å². The smallest absolute Gasteiger partial charge is 0.208 e. The lowest BCUT2D eigenvalue weighted by atomic mass is 10.2. The van der Waals surface area contributed by atoms with Crippen LogP contribution in [0.3, 0.4) is 0 Å². The summed E-state index contributed by atoms with van der Waals surface area (Å²) in [5.74, 6) is 1.01. The summed E-state index contributed by atoms with van der Waals surface area (Å²) in [6.07, 6.45) is 4.71. The molecule has 1 aliphatic rings.